The van der Waals surface area contributed by atoms with Gasteiger partial charge in [-0.3, -0.25) is 0 Å². The van der Waals surface area contributed by atoms with Crippen molar-refractivity contribution in [1.29, 1.82) is 0 Å². The van der Waals surface area contributed by atoms with Gasteiger partial charge >= 0.3 is 0 Å². The monoisotopic (exact) mass is 193 g/mol. The molecule has 1 fully saturated rings. The van der Waals surface area contributed by atoms with Crippen molar-refractivity contribution < 1.29 is 5.11 Å². The fourth-order valence-corrected chi connectivity index (χ4v) is 3.84. The molecule has 2 atom stereocenters. The van der Waals surface area contributed by atoms with Gasteiger partial charge in [0.1, 0.15) is 0 Å². The van der Waals surface area contributed by atoms with Gasteiger partial charge in [0, 0.05) is 22.6 Å². The number of nitrogens with zero attached hydrogens (tertiary/aromatic N) is 1. The second-order valence-corrected chi connectivity index (χ2v) is 5.65. The van der Waals surface area contributed by atoms with Gasteiger partial charge in [0.25, 0.3) is 0 Å². The Morgan fingerprint density at radius 3 is 2.82 bits per heavy atom. The number of hydrogen-bond donors (Lipinski definition) is 1. The van der Waals surface area contributed by atoms with Crippen molar-refractivity contribution in [3.63, 3.8) is 0 Å². The maximum absolute atomic E-state index is 9.55. The van der Waals surface area contributed by atoms with Crippen LogP contribution in [0.25, 0.3) is 0 Å². The van der Waals surface area contributed by atoms with Crippen molar-refractivity contribution in [2.75, 3.05) is 31.5 Å². The molecule has 4 heteroatoms. The minimum atomic E-state index is -0.110. The fraction of sp³-hybridized carbons (Fsp3) is 1.00. The van der Waals surface area contributed by atoms with E-state index in [1.807, 2.05) is 23.5 Å². The van der Waals surface area contributed by atoms with Gasteiger partial charge in [0.2, 0.25) is 0 Å². The lowest BCUT2D eigenvalue weighted by atomic mass is 10.2. The summed E-state index contributed by atoms with van der Waals surface area (Å²) in [7, 11) is 4.10. The third-order valence-electron chi connectivity index (χ3n) is 1.63. The van der Waals surface area contributed by atoms with Crippen LogP contribution in [0.1, 0.15) is 0 Å². The van der Waals surface area contributed by atoms with Crippen LogP contribution in [-0.4, -0.2) is 52.8 Å². The van der Waals surface area contributed by atoms with Crippen LogP contribution in [0, 0.1) is 0 Å². The molecular weight excluding hydrogens is 178 g/mol. The molecule has 0 amide bonds. The smallest absolute Gasteiger partial charge is 0.0762 e. The molecule has 0 spiro atoms. The standard InChI is InChI=1S/C7H15NOS2/c1-8(2)3-7-6(9)4-10-5-11-7/h6-7,9H,3-5H2,1-2H3/t6-,7+/m0/s1. The summed E-state index contributed by atoms with van der Waals surface area (Å²) < 4.78 is 0. The Morgan fingerprint density at radius 2 is 2.27 bits per heavy atom. The van der Waals surface area contributed by atoms with Crippen LogP contribution < -0.4 is 0 Å². The van der Waals surface area contributed by atoms with E-state index in [-0.39, 0.29) is 6.10 Å². The van der Waals surface area contributed by atoms with Crippen molar-refractivity contribution in [2.24, 2.45) is 0 Å². The Kier molecular flexibility index (Phi) is 4.06. The van der Waals surface area contributed by atoms with Gasteiger partial charge in [0.05, 0.1) is 6.10 Å². The van der Waals surface area contributed by atoms with Crippen LogP contribution in [0.3, 0.4) is 0 Å². The Hall–Kier alpha value is 0.620. The van der Waals surface area contributed by atoms with E-state index in [1.54, 1.807) is 0 Å². The number of thioether (sulfide) groups is 2. The average molecular weight is 193 g/mol. The van der Waals surface area contributed by atoms with Crippen LogP contribution in [-0.2, 0) is 0 Å². The molecule has 1 N–H and O–H groups in total. The average Bonchev–Trinajstić information content (AvgIpc) is 1.93. The van der Waals surface area contributed by atoms with Gasteiger partial charge in [-0.2, -0.15) is 0 Å². The molecule has 11 heavy (non-hydrogen) atoms. The predicted molar refractivity (Wildman–Crippen MR) is 53.3 cm³/mol. The zero-order chi connectivity index (χ0) is 8.27. The van der Waals surface area contributed by atoms with Crippen LogP contribution in [0.15, 0.2) is 0 Å². The molecule has 0 aromatic rings. The minimum Gasteiger partial charge on any atom is -0.391 e. The van der Waals surface area contributed by atoms with Crippen molar-refractivity contribution in [2.45, 2.75) is 11.4 Å². The van der Waals surface area contributed by atoms with Crippen LogP contribution >= 0.6 is 23.5 Å². The van der Waals surface area contributed by atoms with Crippen LogP contribution in [0.2, 0.25) is 0 Å². The summed E-state index contributed by atoms with van der Waals surface area (Å²) in [6.07, 6.45) is -0.110. The molecular formula is C7H15NOS2. The Balaban J connectivity index is 2.29. The molecule has 0 aromatic carbocycles. The van der Waals surface area contributed by atoms with E-state index < -0.39 is 0 Å². The summed E-state index contributed by atoms with van der Waals surface area (Å²) in [5.41, 5.74) is 0. The lowest BCUT2D eigenvalue weighted by molar-refractivity contribution is 0.180. The van der Waals surface area contributed by atoms with E-state index in [1.165, 1.54) is 0 Å². The van der Waals surface area contributed by atoms with E-state index in [9.17, 15) is 5.11 Å². The number of hydrogen-bond acceptors (Lipinski definition) is 4. The fourth-order valence-electron chi connectivity index (χ4n) is 1.06. The van der Waals surface area contributed by atoms with Gasteiger partial charge < -0.3 is 10.0 Å². The van der Waals surface area contributed by atoms with Gasteiger partial charge in [-0.05, 0) is 14.1 Å². The highest BCUT2D eigenvalue weighted by Gasteiger charge is 2.23. The summed E-state index contributed by atoms with van der Waals surface area (Å²) in [4.78, 5) is 2.14. The summed E-state index contributed by atoms with van der Waals surface area (Å²) in [6.45, 7) is 0.992. The predicted octanol–water partition coefficient (Wildman–Crippen LogP) is 0.715. The van der Waals surface area contributed by atoms with Gasteiger partial charge in [-0.25, -0.2) is 0 Å². The van der Waals surface area contributed by atoms with Crippen molar-refractivity contribution >= 4 is 23.5 Å². The summed E-state index contributed by atoms with van der Waals surface area (Å²) in [6, 6.07) is 0. The third kappa shape index (κ3) is 3.23. The van der Waals surface area contributed by atoms with Gasteiger partial charge in [-0.1, -0.05) is 0 Å². The second kappa shape index (κ2) is 4.60. The molecule has 1 aliphatic heterocycles. The molecule has 1 rings (SSSR count). The summed E-state index contributed by atoms with van der Waals surface area (Å²) in [5.74, 6) is 0.908. The number of rotatable bonds is 2. The van der Waals surface area contributed by atoms with Crippen molar-refractivity contribution in [3.8, 4) is 0 Å². The first-order valence-electron chi connectivity index (χ1n) is 3.72. The second-order valence-electron chi connectivity index (χ2n) is 3.02. The maximum atomic E-state index is 9.55. The highest BCUT2D eigenvalue weighted by molar-refractivity contribution is 8.16. The first kappa shape index (κ1) is 9.71. The highest BCUT2D eigenvalue weighted by Crippen LogP contribution is 2.28. The van der Waals surface area contributed by atoms with E-state index >= 15 is 0 Å². The maximum Gasteiger partial charge on any atom is 0.0762 e. The zero-order valence-corrected chi connectivity index (χ0v) is 8.62. The first-order chi connectivity index (χ1) is 5.20. The van der Waals surface area contributed by atoms with E-state index in [0.29, 0.717) is 5.25 Å². The number of aliphatic hydroxyl groups excluding tert-OH is 1. The minimum absolute atomic E-state index is 0.110. The molecule has 2 nitrogen and oxygen atoms in total. The molecule has 0 saturated carbocycles. The normalized spacial score (nSPS) is 32.7. The van der Waals surface area contributed by atoms with E-state index in [0.717, 1.165) is 17.4 Å². The first-order valence-corrected chi connectivity index (χ1v) is 5.92. The zero-order valence-electron chi connectivity index (χ0n) is 6.99. The SMILES string of the molecule is CN(C)C[C@H]1SCSC[C@@H]1O. The Labute approximate surface area is 76.7 Å². The summed E-state index contributed by atoms with van der Waals surface area (Å²) in [5, 5.41) is 11.1. The van der Waals surface area contributed by atoms with Crippen LogP contribution in [0.5, 0.6) is 0 Å². The van der Waals surface area contributed by atoms with E-state index in [4.69, 9.17) is 0 Å². The van der Waals surface area contributed by atoms with Gasteiger partial charge in [-0.15, -0.1) is 23.5 Å². The molecule has 0 radical (unpaired) electrons. The Bertz CT molecular complexity index is 121. The lowest BCUT2D eigenvalue weighted by Gasteiger charge is -2.28. The largest absolute Gasteiger partial charge is 0.391 e. The molecule has 0 bridgehead atoms. The number of aliphatic hydroxyl groups is 1. The molecule has 1 aliphatic rings. The highest BCUT2D eigenvalue weighted by atomic mass is 32.2. The topological polar surface area (TPSA) is 23.5 Å². The molecule has 66 valence electrons. The molecule has 0 aromatic heterocycles. The molecule has 0 aliphatic carbocycles. The summed E-state index contributed by atoms with van der Waals surface area (Å²) >= 11 is 3.70. The van der Waals surface area contributed by atoms with Crippen molar-refractivity contribution in [3.05, 3.63) is 0 Å². The lowest BCUT2D eigenvalue weighted by Crippen LogP contribution is -2.37. The third-order valence-corrected chi connectivity index (χ3v) is 4.31. The van der Waals surface area contributed by atoms with Crippen LogP contribution in [0.4, 0.5) is 0 Å². The van der Waals surface area contributed by atoms with Gasteiger partial charge in [0.15, 0.2) is 0 Å². The molecule has 1 saturated heterocycles. The van der Waals surface area contributed by atoms with E-state index in [2.05, 4.69) is 19.0 Å². The quantitative estimate of drug-likeness (QED) is 0.698. The Morgan fingerprint density at radius 1 is 1.55 bits per heavy atom. The molecule has 1 heterocycles. The molecule has 0 unspecified atom stereocenters. The van der Waals surface area contributed by atoms with Crippen molar-refractivity contribution in [1.82, 2.24) is 4.90 Å².